The van der Waals surface area contributed by atoms with Crippen molar-refractivity contribution in [3.8, 4) is 0 Å². The first kappa shape index (κ1) is 15.7. The number of imidazole rings is 1. The predicted molar refractivity (Wildman–Crippen MR) is 99.6 cm³/mol. The van der Waals surface area contributed by atoms with Gasteiger partial charge >= 0.3 is 0 Å². The van der Waals surface area contributed by atoms with E-state index >= 15 is 0 Å². The normalized spacial score (nSPS) is 15.5. The molecule has 3 aromatic rings. The van der Waals surface area contributed by atoms with Gasteiger partial charge in [-0.15, -0.1) is 11.3 Å². The van der Waals surface area contributed by atoms with Gasteiger partial charge in [0.1, 0.15) is 0 Å². The van der Waals surface area contributed by atoms with Gasteiger partial charge in [-0.25, -0.2) is 4.98 Å². The first-order valence-electron chi connectivity index (χ1n) is 8.07. The van der Waals surface area contributed by atoms with Crippen LogP contribution in [0, 0.1) is 6.92 Å². The first-order chi connectivity index (χ1) is 11.6. The van der Waals surface area contributed by atoms with Crippen molar-refractivity contribution < 1.29 is 4.79 Å². The molecule has 124 valence electrons. The van der Waals surface area contributed by atoms with Crippen molar-refractivity contribution >= 4 is 40.0 Å². The summed E-state index contributed by atoms with van der Waals surface area (Å²) in [7, 11) is 0. The molecule has 24 heavy (non-hydrogen) atoms. The number of thioether (sulfide) groups is 1. The maximum absolute atomic E-state index is 12.8. The number of carbonyl (C=O) groups excluding carboxylic acids is 1. The number of aromatic amines is 1. The van der Waals surface area contributed by atoms with E-state index in [0.29, 0.717) is 0 Å². The molecule has 0 fully saturated rings. The van der Waals surface area contributed by atoms with Gasteiger partial charge in [-0.05, 0) is 55.0 Å². The summed E-state index contributed by atoms with van der Waals surface area (Å²) < 4.78 is 0. The molecule has 4 rings (SSSR count). The minimum Gasteiger partial charge on any atom is -0.337 e. The number of hydrogen-bond acceptors (Lipinski definition) is 4. The number of fused-ring (bicyclic) bond motifs is 2. The highest BCUT2D eigenvalue weighted by Gasteiger charge is 2.26. The second kappa shape index (κ2) is 6.26. The predicted octanol–water partition coefficient (Wildman–Crippen LogP) is 4.00. The highest BCUT2D eigenvalue weighted by molar-refractivity contribution is 8.00. The molecule has 2 aromatic heterocycles. The Labute approximate surface area is 149 Å². The van der Waals surface area contributed by atoms with Crippen molar-refractivity contribution in [2.75, 3.05) is 6.54 Å². The maximum Gasteiger partial charge on any atom is 0.236 e. The lowest BCUT2D eigenvalue weighted by Gasteiger charge is -2.29. The minimum absolute atomic E-state index is 0.146. The van der Waals surface area contributed by atoms with Gasteiger partial charge in [0.05, 0.1) is 16.3 Å². The second-order valence-corrected chi connectivity index (χ2v) is 8.53. The number of aromatic nitrogens is 2. The number of thiophene rings is 1. The summed E-state index contributed by atoms with van der Waals surface area (Å²) in [5.41, 5.74) is 4.48. The van der Waals surface area contributed by atoms with Crippen LogP contribution in [0.1, 0.15) is 22.9 Å². The van der Waals surface area contributed by atoms with E-state index in [1.165, 1.54) is 27.8 Å². The van der Waals surface area contributed by atoms with Crippen LogP contribution >= 0.6 is 23.1 Å². The molecule has 0 bridgehead atoms. The van der Waals surface area contributed by atoms with E-state index in [4.69, 9.17) is 0 Å². The first-order valence-corrected chi connectivity index (χ1v) is 9.83. The molecule has 6 heteroatoms. The average Bonchev–Trinajstić information content (AvgIpc) is 3.18. The molecule has 1 aliphatic heterocycles. The van der Waals surface area contributed by atoms with Crippen molar-refractivity contribution in [3.63, 3.8) is 0 Å². The van der Waals surface area contributed by atoms with E-state index in [0.717, 1.165) is 35.7 Å². The molecule has 1 N–H and O–H groups in total. The lowest BCUT2D eigenvalue weighted by atomic mass is 10.1. The van der Waals surface area contributed by atoms with E-state index < -0.39 is 0 Å². The van der Waals surface area contributed by atoms with E-state index in [9.17, 15) is 4.79 Å². The molecular weight excluding hydrogens is 338 g/mol. The molecule has 1 amide bonds. The number of hydrogen-bond donors (Lipinski definition) is 1. The molecule has 1 atom stereocenters. The van der Waals surface area contributed by atoms with Gasteiger partial charge in [0.25, 0.3) is 0 Å². The van der Waals surface area contributed by atoms with Gasteiger partial charge in [0.2, 0.25) is 5.91 Å². The number of aryl methyl sites for hydroxylation is 1. The van der Waals surface area contributed by atoms with Gasteiger partial charge in [-0.1, -0.05) is 17.8 Å². The van der Waals surface area contributed by atoms with Crippen LogP contribution < -0.4 is 0 Å². The summed E-state index contributed by atoms with van der Waals surface area (Å²) in [4.78, 5) is 24.1. The number of amides is 1. The third-order valence-corrected chi connectivity index (χ3v) is 6.37. The van der Waals surface area contributed by atoms with Crippen LogP contribution in [0.25, 0.3) is 11.0 Å². The highest BCUT2D eigenvalue weighted by Crippen LogP contribution is 2.28. The third kappa shape index (κ3) is 2.96. The Morgan fingerprint density at radius 2 is 2.29 bits per heavy atom. The zero-order valence-electron chi connectivity index (χ0n) is 13.7. The molecule has 3 heterocycles. The van der Waals surface area contributed by atoms with E-state index in [-0.39, 0.29) is 11.2 Å². The SMILES string of the molecule is Cc1ccc2nc(SC(C)C(=O)N3CCc4sccc4C3)[nH]c2c1. The number of H-pyrrole nitrogens is 1. The number of rotatable bonds is 3. The monoisotopic (exact) mass is 357 g/mol. The molecule has 0 saturated carbocycles. The van der Waals surface area contributed by atoms with Crippen LogP contribution in [-0.2, 0) is 17.8 Å². The smallest absolute Gasteiger partial charge is 0.236 e. The van der Waals surface area contributed by atoms with E-state index in [2.05, 4.69) is 40.5 Å². The summed E-state index contributed by atoms with van der Waals surface area (Å²) in [6, 6.07) is 8.29. The van der Waals surface area contributed by atoms with E-state index in [1.807, 2.05) is 17.9 Å². The van der Waals surface area contributed by atoms with Crippen LogP contribution in [0.2, 0.25) is 0 Å². The number of nitrogens with one attached hydrogen (secondary N) is 1. The second-order valence-electron chi connectivity index (χ2n) is 6.20. The maximum atomic E-state index is 12.8. The van der Waals surface area contributed by atoms with Gasteiger partial charge in [-0.2, -0.15) is 0 Å². The van der Waals surface area contributed by atoms with Crippen molar-refractivity contribution in [3.05, 3.63) is 45.6 Å². The largest absolute Gasteiger partial charge is 0.337 e. The lowest BCUT2D eigenvalue weighted by Crippen LogP contribution is -2.39. The van der Waals surface area contributed by atoms with Crippen molar-refractivity contribution in [2.45, 2.75) is 37.2 Å². The molecule has 1 aliphatic rings. The summed E-state index contributed by atoms with van der Waals surface area (Å²) in [6.45, 7) is 5.58. The minimum atomic E-state index is -0.146. The molecule has 0 spiro atoms. The fraction of sp³-hybridized carbons (Fsp3) is 0.333. The number of benzene rings is 1. The fourth-order valence-electron chi connectivity index (χ4n) is 3.07. The Morgan fingerprint density at radius 1 is 1.42 bits per heavy atom. The van der Waals surface area contributed by atoms with Crippen LogP contribution in [-0.4, -0.2) is 32.6 Å². The number of carbonyl (C=O) groups is 1. The summed E-state index contributed by atoms with van der Waals surface area (Å²) in [5, 5.41) is 2.78. The molecule has 0 saturated heterocycles. The van der Waals surface area contributed by atoms with Crippen molar-refractivity contribution in [1.29, 1.82) is 0 Å². The quantitative estimate of drug-likeness (QED) is 0.721. The molecule has 0 aliphatic carbocycles. The highest BCUT2D eigenvalue weighted by atomic mass is 32.2. The summed E-state index contributed by atoms with van der Waals surface area (Å²) in [5.74, 6) is 0.188. The summed E-state index contributed by atoms with van der Waals surface area (Å²) >= 11 is 3.30. The third-order valence-electron chi connectivity index (χ3n) is 4.37. The van der Waals surface area contributed by atoms with Crippen molar-refractivity contribution in [1.82, 2.24) is 14.9 Å². The standard InChI is InChI=1S/C18H19N3OS2/c1-11-3-4-14-15(9-11)20-18(19-14)24-12(2)17(22)21-7-5-16-13(10-21)6-8-23-16/h3-4,6,8-9,12H,5,7,10H2,1-2H3,(H,19,20). The van der Waals surface area contributed by atoms with Gasteiger partial charge in [-0.3, -0.25) is 4.79 Å². The Bertz CT molecular complexity index is 899. The molecular formula is C18H19N3OS2. The van der Waals surface area contributed by atoms with Gasteiger partial charge in [0, 0.05) is 18.0 Å². The van der Waals surface area contributed by atoms with Crippen molar-refractivity contribution in [2.24, 2.45) is 0 Å². The Hall–Kier alpha value is -1.79. The molecule has 4 nitrogen and oxygen atoms in total. The average molecular weight is 358 g/mol. The Morgan fingerprint density at radius 3 is 3.17 bits per heavy atom. The summed E-state index contributed by atoms with van der Waals surface area (Å²) in [6.07, 6.45) is 0.972. The van der Waals surface area contributed by atoms with Crippen LogP contribution in [0.5, 0.6) is 0 Å². The van der Waals surface area contributed by atoms with Gasteiger partial charge < -0.3 is 9.88 Å². The lowest BCUT2D eigenvalue weighted by molar-refractivity contribution is -0.131. The molecule has 1 aromatic carbocycles. The zero-order valence-corrected chi connectivity index (χ0v) is 15.3. The van der Waals surface area contributed by atoms with Crippen LogP contribution in [0.3, 0.4) is 0 Å². The fourth-order valence-corrected chi connectivity index (χ4v) is 4.86. The van der Waals surface area contributed by atoms with Crippen LogP contribution in [0.4, 0.5) is 0 Å². The zero-order chi connectivity index (χ0) is 16.7. The molecule has 1 unspecified atom stereocenters. The molecule has 0 radical (unpaired) electrons. The van der Waals surface area contributed by atoms with Crippen LogP contribution in [0.15, 0.2) is 34.8 Å². The van der Waals surface area contributed by atoms with Gasteiger partial charge in [0.15, 0.2) is 5.16 Å². The van der Waals surface area contributed by atoms with E-state index in [1.54, 1.807) is 11.3 Å². The Balaban J connectivity index is 1.47. The topological polar surface area (TPSA) is 49.0 Å². The number of nitrogens with zero attached hydrogens (tertiary/aromatic N) is 2. The Kier molecular flexibility index (Phi) is 4.10.